The van der Waals surface area contributed by atoms with Crippen molar-refractivity contribution in [1.82, 2.24) is 4.90 Å². The first-order chi connectivity index (χ1) is 12.6. The number of benzene rings is 2. The SMILES string of the molecule is CCC(=O)Oc1ccc(C(=O)N2CCN(c3ccccc3F)CC2)cc1. The van der Waals surface area contributed by atoms with Gasteiger partial charge in [0.25, 0.3) is 5.91 Å². The molecular formula is C20H21FN2O3. The van der Waals surface area contributed by atoms with E-state index in [1.54, 1.807) is 48.2 Å². The number of hydrogen-bond donors (Lipinski definition) is 0. The summed E-state index contributed by atoms with van der Waals surface area (Å²) in [6.45, 7) is 3.94. The molecule has 2 aromatic carbocycles. The van der Waals surface area contributed by atoms with Gasteiger partial charge in [-0.25, -0.2) is 4.39 Å². The first-order valence-corrected chi connectivity index (χ1v) is 8.68. The maximum atomic E-state index is 13.9. The van der Waals surface area contributed by atoms with Crippen LogP contribution in [0.3, 0.4) is 0 Å². The van der Waals surface area contributed by atoms with Crippen molar-refractivity contribution in [2.45, 2.75) is 13.3 Å². The molecule has 0 aromatic heterocycles. The summed E-state index contributed by atoms with van der Waals surface area (Å²) in [6, 6.07) is 13.2. The predicted octanol–water partition coefficient (Wildman–Crippen LogP) is 3.10. The summed E-state index contributed by atoms with van der Waals surface area (Å²) < 4.78 is 19.0. The van der Waals surface area contributed by atoms with Crippen LogP contribution in [-0.4, -0.2) is 43.0 Å². The third kappa shape index (κ3) is 4.02. The first kappa shape index (κ1) is 17.9. The molecule has 0 N–H and O–H groups in total. The van der Waals surface area contributed by atoms with Crippen molar-refractivity contribution in [1.29, 1.82) is 0 Å². The maximum Gasteiger partial charge on any atom is 0.310 e. The van der Waals surface area contributed by atoms with E-state index >= 15 is 0 Å². The Morgan fingerprint density at radius 1 is 1.00 bits per heavy atom. The zero-order valence-electron chi connectivity index (χ0n) is 14.7. The molecule has 1 aliphatic rings. The van der Waals surface area contributed by atoms with E-state index in [4.69, 9.17) is 4.74 Å². The molecule has 1 aliphatic heterocycles. The highest BCUT2D eigenvalue weighted by atomic mass is 19.1. The third-order valence-corrected chi connectivity index (χ3v) is 4.38. The van der Waals surface area contributed by atoms with Gasteiger partial charge in [0.15, 0.2) is 0 Å². The molecule has 0 spiro atoms. The summed E-state index contributed by atoms with van der Waals surface area (Å²) in [5.74, 6) is -0.206. The second-order valence-corrected chi connectivity index (χ2v) is 6.08. The maximum absolute atomic E-state index is 13.9. The predicted molar refractivity (Wildman–Crippen MR) is 96.9 cm³/mol. The second kappa shape index (κ2) is 7.99. The Kier molecular flexibility index (Phi) is 5.51. The molecule has 0 bridgehead atoms. The van der Waals surface area contributed by atoms with Crippen LogP contribution in [0, 0.1) is 5.82 Å². The van der Waals surface area contributed by atoms with E-state index in [2.05, 4.69) is 0 Å². The minimum absolute atomic E-state index is 0.0773. The van der Waals surface area contributed by atoms with Gasteiger partial charge in [-0.05, 0) is 36.4 Å². The molecule has 1 heterocycles. The number of piperazine rings is 1. The van der Waals surface area contributed by atoms with Crippen LogP contribution in [0.15, 0.2) is 48.5 Å². The molecule has 0 radical (unpaired) electrons. The van der Waals surface area contributed by atoms with E-state index in [-0.39, 0.29) is 17.7 Å². The van der Waals surface area contributed by atoms with Gasteiger partial charge in [-0.15, -0.1) is 0 Å². The standard InChI is InChI=1S/C20H21FN2O3/c1-2-19(24)26-16-9-7-15(8-10-16)20(25)23-13-11-22(12-14-23)18-6-4-3-5-17(18)21/h3-10H,2,11-14H2,1H3. The van der Waals surface area contributed by atoms with Gasteiger partial charge in [-0.2, -0.15) is 0 Å². The third-order valence-electron chi connectivity index (χ3n) is 4.38. The van der Waals surface area contributed by atoms with Crippen molar-refractivity contribution in [2.75, 3.05) is 31.1 Å². The first-order valence-electron chi connectivity index (χ1n) is 8.68. The molecule has 3 rings (SSSR count). The van der Waals surface area contributed by atoms with Crippen molar-refractivity contribution < 1.29 is 18.7 Å². The van der Waals surface area contributed by atoms with E-state index in [0.29, 0.717) is 49.6 Å². The van der Waals surface area contributed by atoms with Gasteiger partial charge < -0.3 is 14.5 Å². The number of para-hydroxylation sites is 1. The number of anilines is 1. The summed E-state index contributed by atoms with van der Waals surface area (Å²) in [4.78, 5) is 27.6. The number of rotatable bonds is 4. The molecule has 5 nitrogen and oxygen atoms in total. The average Bonchev–Trinajstić information content (AvgIpc) is 2.68. The van der Waals surface area contributed by atoms with E-state index in [1.165, 1.54) is 6.07 Å². The lowest BCUT2D eigenvalue weighted by Crippen LogP contribution is -2.49. The molecule has 0 aliphatic carbocycles. The van der Waals surface area contributed by atoms with Crippen molar-refractivity contribution >= 4 is 17.6 Å². The Bertz CT molecular complexity index is 784. The molecule has 0 atom stereocenters. The molecule has 26 heavy (non-hydrogen) atoms. The van der Waals surface area contributed by atoms with Gasteiger partial charge in [0, 0.05) is 38.2 Å². The number of carbonyl (C=O) groups excluding carboxylic acids is 2. The van der Waals surface area contributed by atoms with E-state index in [0.717, 1.165) is 0 Å². The molecule has 0 unspecified atom stereocenters. The topological polar surface area (TPSA) is 49.9 Å². The van der Waals surface area contributed by atoms with Crippen LogP contribution in [0.25, 0.3) is 0 Å². The van der Waals surface area contributed by atoms with Gasteiger partial charge in [0.2, 0.25) is 0 Å². The molecule has 0 saturated carbocycles. The van der Waals surface area contributed by atoms with E-state index < -0.39 is 0 Å². The molecule has 1 fully saturated rings. The molecule has 2 aromatic rings. The van der Waals surface area contributed by atoms with E-state index in [1.807, 2.05) is 11.0 Å². The van der Waals surface area contributed by atoms with Crippen LogP contribution >= 0.6 is 0 Å². The smallest absolute Gasteiger partial charge is 0.310 e. The van der Waals surface area contributed by atoms with Crippen molar-refractivity contribution in [3.05, 3.63) is 59.9 Å². The molecule has 1 amide bonds. The van der Waals surface area contributed by atoms with Gasteiger partial charge in [0.1, 0.15) is 11.6 Å². The zero-order valence-corrected chi connectivity index (χ0v) is 14.7. The minimum atomic E-state index is -0.312. The average molecular weight is 356 g/mol. The summed E-state index contributed by atoms with van der Waals surface area (Å²) in [5.41, 5.74) is 1.11. The van der Waals surface area contributed by atoms with Crippen molar-refractivity contribution in [2.24, 2.45) is 0 Å². The number of ether oxygens (including phenoxy) is 1. The number of esters is 1. The monoisotopic (exact) mass is 356 g/mol. The fourth-order valence-corrected chi connectivity index (χ4v) is 2.91. The lowest BCUT2D eigenvalue weighted by Gasteiger charge is -2.36. The van der Waals surface area contributed by atoms with Gasteiger partial charge in [-0.3, -0.25) is 9.59 Å². The van der Waals surface area contributed by atoms with Crippen LogP contribution in [0.4, 0.5) is 10.1 Å². The molecular weight excluding hydrogens is 335 g/mol. The summed E-state index contributed by atoms with van der Waals surface area (Å²) >= 11 is 0. The highest BCUT2D eigenvalue weighted by Crippen LogP contribution is 2.21. The number of carbonyl (C=O) groups is 2. The van der Waals surface area contributed by atoms with Gasteiger partial charge >= 0.3 is 5.97 Å². The van der Waals surface area contributed by atoms with E-state index in [9.17, 15) is 14.0 Å². The van der Waals surface area contributed by atoms with Crippen LogP contribution in [0.2, 0.25) is 0 Å². The number of nitrogens with zero attached hydrogens (tertiary/aromatic N) is 2. The lowest BCUT2D eigenvalue weighted by molar-refractivity contribution is -0.134. The Balaban J connectivity index is 1.60. The summed E-state index contributed by atoms with van der Waals surface area (Å²) in [6.07, 6.45) is 0.299. The van der Waals surface area contributed by atoms with Crippen LogP contribution < -0.4 is 9.64 Å². The zero-order chi connectivity index (χ0) is 18.5. The summed E-state index contributed by atoms with van der Waals surface area (Å²) in [7, 11) is 0. The fourth-order valence-electron chi connectivity index (χ4n) is 2.91. The molecule has 136 valence electrons. The van der Waals surface area contributed by atoms with Gasteiger partial charge in [-0.1, -0.05) is 19.1 Å². The highest BCUT2D eigenvalue weighted by Gasteiger charge is 2.23. The fraction of sp³-hybridized carbons (Fsp3) is 0.300. The largest absolute Gasteiger partial charge is 0.427 e. The Morgan fingerprint density at radius 3 is 2.27 bits per heavy atom. The molecule has 6 heteroatoms. The summed E-state index contributed by atoms with van der Waals surface area (Å²) in [5, 5.41) is 0. The lowest BCUT2D eigenvalue weighted by atomic mass is 10.1. The van der Waals surface area contributed by atoms with Crippen molar-refractivity contribution in [3.8, 4) is 5.75 Å². The molecule has 1 saturated heterocycles. The van der Waals surface area contributed by atoms with Crippen molar-refractivity contribution in [3.63, 3.8) is 0 Å². The second-order valence-electron chi connectivity index (χ2n) is 6.08. The van der Waals surface area contributed by atoms with Crippen LogP contribution in [0.1, 0.15) is 23.7 Å². The van der Waals surface area contributed by atoms with Crippen LogP contribution in [0.5, 0.6) is 5.75 Å². The normalized spacial score (nSPS) is 14.2. The quantitative estimate of drug-likeness (QED) is 0.624. The highest BCUT2D eigenvalue weighted by molar-refractivity contribution is 5.94. The Labute approximate surface area is 152 Å². The number of halogens is 1. The Morgan fingerprint density at radius 2 is 1.65 bits per heavy atom. The Hall–Kier alpha value is -2.89. The van der Waals surface area contributed by atoms with Crippen LogP contribution in [-0.2, 0) is 4.79 Å². The minimum Gasteiger partial charge on any atom is -0.427 e. The van der Waals surface area contributed by atoms with Gasteiger partial charge in [0.05, 0.1) is 5.69 Å². The number of hydrogen-bond acceptors (Lipinski definition) is 4. The number of amides is 1.